The van der Waals surface area contributed by atoms with E-state index >= 15 is 0 Å². The van der Waals surface area contributed by atoms with E-state index in [0.717, 1.165) is 29.7 Å². The molecule has 0 radical (unpaired) electrons. The first kappa shape index (κ1) is 11.8. The first-order valence-corrected chi connectivity index (χ1v) is 5.97. The van der Waals surface area contributed by atoms with Crippen LogP contribution in [0.1, 0.15) is 19.3 Å². The molecule has 0 aromatic carbocycles. The number of hydrogen-bond donors (Lipinski definition) is 0. The van der Waals surface area contributed by atoms with Crippen molar-refractivity contribution in [1.29, 1.82) is 0 Å². The van der Waals surface area contributed by atoms with Crippen molar-refractivity contribution in [2.24, 2.45) is 0 Å². The molecule has 2 nitrogen and oxygen atoms in total. The second-order valence-corrected chi connectivity index (χ2v) is 4.09. The maximum Gasteiger partial charge on any atom is 0.214 e. The lowest BCUT2D eigenvalue weighted by atomic mass is 10.3. The van der Waals surface area contributed by atoms with Crippen molar-refractivity contribution < 1.29 is 4.74 Å². The summed E-state index contributed by atoms with van der Waals surface area (Å²) in [6.45, 7) is 0.709. The van der Waals surface area contributed by atoms with Gasteiger partial charge in [-0.1, -0.05) is 6.07 Å². The van der Waals surface area contributed by atoms with Crippen molar-refractivity contribution >= 4 is 27.5 Å². The minimum absolute atomic E-state index is 0.672. The van der Waals surface area contributed by atoms with Crippen LogP contribution in [0.15, 0.2) is 22.8 Å². The van der Waals surface area contributed by atoms with E-state index in [1.165, 1.54) is 0 Å². The van der Waals surface area contributed by atoms with Crippen LogP contribution in [0.3, 0.4) is 0 Å². The largest absolute Gasteiger partial charge is 0.478 e. The summed E-state index contributed by atoms with van der Waals surface area (Å²) in [6, 6.07) is 5.64. The van der Waals surface area contributed by atoms with Gasteiger partial charge >= 0.3 is 0 Å². The Balaban J connectivity index is 2.18. The van der Waals surface area contributed by atoms with E-state index in [1.54, 1.807) is 0 Å². The summed E-state index contributed by atoms with van der Waals surface area (Å²) in [5, 5.41) is 0. The Bertz CT molecular complexity index is 270. The van der Waals surface area contributed by atoms with Crippen LogP contribution < -0.4 is 4.74 Å². The summed E-state index contributed by atoms with van der Waals surface area (Å²) in [6.07, 6.45) is 3.19. The summed E-state index contributed by atoms with van der Waals surface area (Å²) in [4.78, 5) is 4.16. The molecule has 0 atom stereocenters. The summed E-state index contributed by atoms with van der Waals surface area (Å²) in [5.74, 6) is 1.40. The Hall–Kier alpha value is -0.280. The Morgan fingerprint density at radius 1 is 1.29 bits per heavy atom. The van der Waals surface area contributed by atoms with Gasteiger partial charge in [0.05, 0.1) is 6.61 Å². The van der Waals surface area contributed by atoms with E-state index < -0.39 is 0 Å². The van der Waals surface area contributed by atoms with Gasteiger partial charge in [-0.25, -0.2) is 4.98 Å². The van der Waals surface area contributed by atoms with Crippen LogP contribution in [-0.4, -0.2) is 17.5 Å². The molecule has 0 saturated carbocycles. The Labute approximate surface area is 97.8 Å². The monoisotopic (exact) mass is 277 g/mol. The maximum absolute atomic E-state index is 5.56. The number of alkyl halides is 1. The van der Waals surface area contributed by atoms with Gasteiger partial charge in [0, 0.05) is 11.9 Å². The summed E-state index contributed by atoms with van der Waals surface area (Å²) in [5.41, 5.74) is 0. The lowest BCUT2D eigenvalue weighted by Crippen LogP contribution is -1.99. The van der Waals surface area contributed by atoms with E-state index in [-0.39, 0.29) is 0 Å². The molecule has 0 unspecified atom stereocenters. The van der Waals surface area contributed by atoms with Crippen molar-refractivity contribution in [2.75, 3.05) is 12.5 Å². The first-order chi connectivity index (χ1) is 6.83. The van der Waals surface area contributed by atoms with Gasteiger partial charge in [-0.2, -0.15) is 0 Å². The molecule has 0 N–H and O–H groups in total. The molecule has 14 heavy (non-hydrogen) atoms. The smallest absolute Gasteiger partial charge is 0.214 e. The van der Waals surface area contributed by atoms with Crippen LogP contribution in [-0.2, 0) is 0 Å². The summed E-state index contributed by atoms with van der Waals surface area (Å²) in [7, 11) is 0. The van der Waals surface area contributed by atoms with Gasteiger partial charge in [-0.05, 0) is 41.3 Å². The molecule has 1 heterocycles. The summed E-state index contributed by atoms with van der Waals surface area (Å²) < 4.78 is 6.25. The highest BCUT2D eigenvalue weighted by Crippen LogP contribution is 2.12. The number of nitrogens with zero attached hydrogens (tertiary/aromatic N) is 1. The lowest BCUT2D eigenvalue weighted by molar-refractivity contribution is 0.294. The van der Waals surface area contributed by atoms with Gasteiger partial charge < -0.3 is 4.74 Å². The highest BCUT2D eigenvalue weighted by molar-refractivity contribution is 9.10. The van der Waals surface area contributed by atoms with Crippen LogP contribution in [0.2, 0.25) is 0 Å². The minimum Gasteiger partial charge on any atom is -0.478 e. The van der Waals surface area contributed by atoms with E-state index in [0.29, 0.717) is 12.5 Å². The van der Waals surface area contributed by atoms with Crippen molar-refractivity contribution in [3.8, 4) is 5.88 Å². The molecule has 1 rings (SSSR count). The predicted octanol–water partition coefficient (Wildman–Crippen LogP) is 3.63. The van der Waals surface area contributed by atoms with Crippen LogP contribution in [0.5, 0.6) is 5.88 Å². The first-order valence-electron chi connectivity index (χ1n) is 4.64. The van der Waals surface area contributed by atoms with Crippen LogP contribution in [0, 0.1) is 0 Å². The van der Waals surface area contributed by atoms with E-state index in [9.17, 15) is 0 Å². The second-order valence-electron chi connectivity index (χ2n) is 2.90. The maximum atomic E-state index is 5.56. The van der Waals surface area contributed by atoms with Crippen LogP contribution in [0.25, 0.3) is 0 Å². The van der Waals surface area contributed by atoms with Crippen molar-refractivity contribution in [3.63, 3.8) is 0 Å². The van der Waals surface area contributed by atoms with Gasteiger partial charge in [0.15, 0.2) is 0 Å². The molecular formula is C10H13BrClNO. The molecule has 78 valence electrons. The van der Waals surface area contributed by atoms with Crippen molar-refractivity contribution in [2.45, 2.75) is 19.3 Å². The third-order valence-corrected chi connectivity index (χ3v) is 2.43. The van der Waals surface area contributed by atoms with Crippen LogP contribution in [0.4, 0.5) is 0 Å². The third-order valence-electron chi connectivity index (χ3n) is 1.72. The average molecular weight is 279 g/mol. The van der Waals surface area contributed by atoms with E-state index in [2.05, 4.69) is 20.9 Å². The molecule has 0 bridgehead atoms. The van der Waals surface area contributed by atoms with Gasteiger partial charge in [0.25, 0.3) is 0 Å². The number of unbranched alkanes of at least 4 members (excludes halogenated alkanes) is 2. The molecule has 4 heteroatoms. The molecule has 0 aliphatic heterocycles. The number of hydrogen-bond acceptors (Lipinski definition) is 2. The van der Waals surface area contributed by atoms with Crippen molar-refractivity contribution in [3.05, 3.63) is 22.8 Å². The topological polar surface area (TPSA) is 22.1 Å². The van der Waals surface area contributed by atoms with Gasteiger partial charge in [-0.3, -0.25) is 0 Å². The fourth-order valence-corrected chi connectivity index (χ4v) is 1.54. The van der Waals surface area contributed by atoms with Crippen molar-refractivity contribution in [1.82, 2.24) is 4.98 Å². The number of ether oxygens (including phenoxy) is 1. The fourth-order valence-electron chi connectivity index (χ4n) is 1.02. The van der Waals surface area contributed by atoms with Gasteiger partial charge in [0.2, 0.25) is 5.88 Å². The quantitative estimate of drug-likeness (QED) is 0.450. The molecule has 0 fully saturated rings. The van der Waals surface area contributed by atoms with E-state index in [1.807, 2.05) is 18.2 Å². The van der Waals surface area contributed by atoms with Gasteiger partial charge in [-0.15, -0.1) is 11.6 Å². The zero-order valence-corrected chi connectivity index (χ0v) is 10.2. The van der Waals surface area contributed by atoms with E-state index in [4.69, 9.17) is 16.3 Å². The Kier molecular flexibility index (Phi) is 5.96. The molecule has 1 aromatic rings. The lowest BCUT2D eigenvalue weighted by Gasteiger charge is -2.04. The summed E-state index contributed by atoms with van der Waals surface area (Å²) >= 11 is 8.85. The highest BCUT2D eigenvalue weighted by Gasteiger charge is 1.95. The number of rotatable bonds is 6. The van der Waals surface area contributed by atoms with Gasteiger partial charge in [0.1, 0.15) is 4.60 Å². The standard InChI is InChI=1S/C10H13BrClNO/c11-9-5-4-6-10(13-9)14-8-3-1-2-7-12/h4-6H,1-3,7-8H2. The third kappa shape index (κ3) is 4.82. The molecule has 0 spiro atoms. The molecule has 1 aromatic heterocycles. The number of aromatic nitrogens is 1. The van der Waals surface area contributed by atoms with Crippen LogP contribution >= 0.6 is 27.5 Å². The molecular weight excluding hydrogens is 265 g/mol. The number of halogens is 2. The molecule has 0 aliphatic rings. The highest BCUT2D eigenvalue weighted by atomic mass is 79.9. The zero-order chi connectivity index (χ0) is 10.2. The Morgan fingerprint density at radius 2 is 2.14 bits per heavy atom. The zero-order valence-electron chi connectivity index (χ0n) is 7.88. The molecule has 0 saturated heterocycles. The average Bonchev–Trinajstić information content (AvgIpc) is 2.18. The second kappa shape index (κ2) is 7.07. The Morgan fingerprint density at radius 3 is 2.86 bits per heavy atom. The SMILES string of the molecule is ClCCCCCOc1cccc(Br)n1. The molecule has 0 aliphatic carbocycles. The number of pyridine rings is 1. The predicted molar refractivity (Wildman–Crippen MR) is 62.0 cm³/mol. The normalized spacial score (nSPS) is 10.1. The minimum atomic E-state index is 0.672. The molecule has 0 amide bonds. The fraction of sp³-hybridized carbons (Fsp3) is 0.500.